The lowest BCUT2D eigenvalue weighted by Gasteiger charge is -2.14. The summed E-state index contributed by atoms with van der Waals surface area (Å²) in [5, 5.41) is 0. The van der Waals surface area contributed by atoms with Crippen molar-refractivity contribution in [1.82, 2.24) is 0 Å². The standard InChI is InChI=1S/C11H14S2/c1-2-9-5-3-4-6-11(9)10(7-12)8-13/h2-6,10,12-13H,1,7-8H2. The van der Waals surface area contributed by atoms with E-state index >= 15 is 0 Å². The first-order valence-corrected chi connectivity index (χ1v) is 5.53. The predicted molar refractivity (Wildman–Crippen MR) is 67.0 cm³/mol. The molecular weight excluding hydrogens is 196 g/mol. The molecule has 2 heteroatoms. The zero-order valence-corrected chi connectivity index (χ0v) is 9.27. The van der Waals surface area contributed by atoms with Crippen LogP contribution in [0.25, 0.3) is 6.08 Å². The van der Waals surface area contributed by atoms with Crippen molar-refractivity contribution in [3.63, 3.8) is 0 Å². The van der Waals surface area contributed by atoms with E-state index in [-0.39, 0.29) is 0 Å². The summed E-state index contributed by atoms with van der Waals surface area (Å²) in [7, 11) is 0. The van der Waals surface area contributed by atoms with Crippen molar-refractivity contribution in [3.8, 4) is 0 Å². The van der Waals surface area contributed by atoms with E-state index in [1.54, 1.807) is 0 Å². The Balaban J connectivity index is 3.03. The van der Waals surface area contributed by atoms with E-state index in [0.717, 1.165) is 11.5 Å². The Morgan fingerprint density at radius 2 is 1.85 bits per heavy atom. The molecule has 0 spiro atoms. The van der Waals surface area contributed by atoms with Gasteiger partial charge in [-0.05, 0) is 22.6 Å². The molecule has 0 fully saturated rings. The third-order valence-corrected chi connectivity index (χ3v) is 2.98. The molecule has 1 aromatic carbocycles. The van der Waals surface area contributed by atoms with Crippen LogP contribution in [-0.2, 0) is 0 Å². The van der Waals surface area contributed by atoms with E-state index in [2.05, 4.69) is 44.0 Å². The highest BCUT2D eigenvalue weighted by Crippen LogP contribution is 2.23. The second-order valence-corrected chi connectivity index (χ2v) is 3.63. The maximum atomic E-state index is 4.31. The zero-order chi connectivity index (χ0) is 9.68. The van der Waals surface area contributed by atoms with Gasteiger partial charge < -0.3 is 0 Å². The molecule has 0 heterocycles. The van der Waals surface area contributed by atoms with Gasteiger partial charge in [0.1, 0.15) is 0 Å². The van der Waals surface area contributed by atoms with Gasteiger partial charge in [0, 0.05) is 5.92 Å². The van der Waals surface area contributed by atoms with Gasteiger partial charge in [-0.3, -0.25) is 0 Å². The van der Waals surface area contributed by atoms with Gasteiger partial charge in [0.05, 0.1) is 0 Å². The van der Waals surface area contributed by atoms with Crippen molar-refractivity contribution in [1.29, 1.82) is 0 Å². The molecule has 1 aromatic rings. The predicted octanol–water partition coefficient (Wildman–Crippen LogP) is 3.27. The molecule has 0 bridgehead atoms. The first kappa shape index (κ1) is 10.7. The summed E-state index contributed by atoms with van der Waals surface area (Å²) in [5.41, 5.74) is 2.48. The summed E-state index contributed by atoms with van der Waals surface area (Å²) in [4.78, 5) is 0. The quantitative estimate of drug-likeness (QED) is 0.700. The average Bonchev–Trinajstić information content (AvgIpc) is 2.20. The molecule has 0 amide bonds. The summed E-state index contributed by atoms with van der Waals surface area (Å²) in [6, 6.07) is 8.26. The smallest absolute Gasteiger partial charge is 0.00207 e. The fourth-order valence-corrected chi connectivity index (χ4v) is 2.18. The van der Waals surface area contributed by atoms with Crippen molar-refractivity contribution < 1.29 is 0 Å². The van der Waals surface area contributed by atoms with Crippen molar-refractivity contribution in [2.45, 2.75) is 5.92 Å². The Hall–Kier alpha value is -0.340. The van der Waals surface area contributed by atoms with Gasteiger partial charge in [0.15, 0.2) is 0 Å². The van der Waals surface area contributed by atoms with E-state index in [1.165, 1.54) is 11.1 Å². The van der Waals surface area contributed by atoms with E-state index in [9.17, 15) is 0 Å². The molecule has 0 aromatic heterocycles. The molecule has 0 aliphatic carbocycles. The third-order valence-electron chi connectivity index (χ3n) is 2.10. The highest BCUT2D eigenvalue weighted by molar-refractivity contribution is 7.81. The van der Waals surface area contributed by atoms with Crippen LogP contribution >= 0.6 is 25.3 Å². The van der Waals surface area contributed by atoms with Crippen LogP contribution in [0.5, 0.6) is 0 Å². The first-order chi connectivity index (χ1) is 6.33. The molecule has 0 unspecified atom stereocenters. The molecule has 0 N–H and O–H groups in total. The minimum absolute atomic E-state index is 0.417. The summed E-state index contributed by atoms with van der Waals surface area (Å²) in [5.74, 6) is 2.07. The highest BCUT2D eigenvalue weighted by Gasteiger charge is 2.09. The third kappa shape index (κ3) is 2.55. The fraction of sp³-hybridized carbons (Fsp3) is 0.273. The van der Waals surface area contributed by atoms with Gasteiger partial charge >= 0.3 is 0 Å². The van der Waals surface area contributed by atoms with E-state index in [4.69, 9.17) is 0 Å². The average molecular weight is 210 g/mol. The van der Waals surface area contributed by atoms with Crippen molar-refractivity contribution in [2.75, 3.05) is 11.5 Å². The van der Waals surface area contributed by atoms with Crippen molar-refractivity contribution >= 4 is 31.3 Å². The molecule has 0 nitrogen and oxygen atoms in total. The fourth-order valence-electron chi connectivity index (χ4n) is 1.32. The molecule has 0 atom stereocenters. The lowest BCUT2D eigenvalue weighted by atomic mass is 9.97. The van der Waals surface area contributed by atoms with Gasteiger partial charge in [-0.1, -0.05) is 36.9 Å². The van der Waals surface area contributed by atoms with Crippen LogP contribution in [0.4, 0.5) is 0 Å². The Morgan fingerprint density at radius 1 is 1.23 bits per heavy atom. The Kier molecular flexibility index (Phi) is 4.46. The van der Waals surface area contributed by atoms with Gasteiger partial charge in [0.2, 0.25) is 0 Å². The SMILES string of the molecule is C=Cc1ccccc1C(CS)CS. The van der Waals surface area contributed by atoms with Crippen LogP contribution < -0.4 is 0 Å². The molecule has 1 rings (SSSR count). The van der Waals surface area contributed by atoms with Crippen molar-refractivity contribution in [2.24, 2.45) is 0 Å². The summed E-state index contributed by atoms with van der Waals surface area (Å²) < 4.78 is 0. The number of thiol groups is 2. The monoisotopic (exact) mass is 210 g/mol. The first-order valence-electron chi connectivity index (χ1n) is 4.26. The molecule has 0 aliphatic heterocycles. The van der Waals surface area contributed by atoms with Gasteiger partial charge in [0.25, 0.3) is 0 Å². The summed E-state index contributed by atoms with van der Waals surface area (Å²) >= 11 is 8.62. The van der Waals surface area contributed by atoms with Crippen LogP contribution in [0, 0.1) is 0 Å². The van der Waals surface area contributed by atoms with E-state index in [0.29, 0.717) is 5.92 Å². The second kappa shape index (κ2) is 5.40. The number of hydrogen-bond donors (Lipinski definition) is 2. The molecule has 0 saturated heterocycles. The molecule has 13 heavy (non-hydrogen) atoms. The largest absolute Gasteiger partial charge is 0.179 e. The second-order valence-electron chi connectivity index (χ2n) is 2.90. The van der Waals surface area contributed by atoms with Gasteiger partial charge in [-0.25, -0.2) is 0 Å². The lowest BCUT2D eigenvalue weighted by Crippen LogP contribution is -2.03. The molecule has 0 aliphatic rings. The van der Waals surface area contributed by atoms with E-state index in [1.807, 2.05) is 18.2 Å². The molecule has 0 radical (unpaired) electrons. The van der Waals surface area contributed by atoms with E-state index < -0.39 is 0 Å². The van der Waals surface area contributed by atoms with Crippen LogP contribution in [0.1, 0.15) is 17.0 Å². The Labute approximate surface area is 90.9 Å². The Morgan fingerprint density at radius 3 is 2.38 bits per heavy atom. The summed E-state index contributed by atoms with van der Waals surface area (Å²) in [6.07, 6.45) is 1.88. The van der Waals surface area contributed by atoms with Gasteiger partial charge in [-0.2, -0.15) is 25.3 Å². The highest BCUT2D eigenvalue weighted by atomic mass is 32.1. The van der Waals surface area contributed by atoms with Crippen LogP contribution in [0.2, 0.25) is 0 Å². The van der Waals surface area contributed by atoms with Gasteiger partial charge in [-0.15, -0.1) is 0 Å². The number of rotatable bonds is 4. The Bertz CT molecular complexity index is 277. The molecule has 70 valence electrons. The topological polar surface area (TPSA) is 0 Å². The van der Waals surface area contributed by atoms with Crippen LogP contribution in [0.3, 0.4) is 0 Å². The van der Waals surface area contributed by atoms with Crippen molar-refractivity contribution in [3.05, 3.63) is 42.0 Å². The molecule has 0 saturated carbocycles. The maximum absolute atomic E-state index is 4.31. The minimum Gasteiger partial charge on any atom is -0.179 e. The number of hydrogen-bond acceptors (Lipinski definition) is 2. The van der Waals surface area contributed by atoms with Crippen LogP contribution in [0.15, 0.2) is 30.8 Å². The lowest BCUT2D eigenvalue weighted by molar-refractivity contribution is 0.899. The maximum Gasteiger partial charge on any atom is 0.00207 e. The number of benzene rings is 1. The molecular formula is C11H14S2. The summed E-state index contributed by atoms with van der Waals surface area (Å²) in [6.45, 7) is 3.79. The van der Waals surface area contributed by atoms with Crippen LogP contribution in [-0.4, -0.2) is 11.5 Å². The zero-order valence-electron chi connectivity index (χ0n) is 7.48. The normalized spacial score (nSPS) is 10.4. The minimum atomic E-state index is 0.417.